The average molecular weight is 276 g/mol. The van der Waals surface area contributed by atoms with Crippen molar-refractivity contribution in [3.05, 3.63) is 65.7 Å². The molecule has 2 nitrogen and oxygen atoms in total. The van der Waals surface area contributed by atoms with E-state index < -0.39 is 12.2 Å². The van der Waals surface area contributed by atoms with E-state index in [1.807, 2.05) is 25.1 Å². The van der Waals surface area contributed by atoms with Crippen molar-refractivity contribution in [2.45, 2.75) is 19.1 Å². The van der Waals surface area contributed by atoms with E-state index in [0.29, 0.717) is 0 Å². The Balaban J connectivity index is 2.11. The first-order valence-electron chi connectivity index (χ1n) is 7.15. The fourth-order valence-electron chi connectivity index (χ4n) is 3.28. The molecule has 21 heavy (non-hydrogen) atoms. The third-order valence-electron chi connectivity index (χ3n) is 4.40. The normalized spacial score (nSPS) is 21.4. The molecule has 0 spiro atoms. The van der Waals surface area contributed by atoms with Crippen LogP contribution in [-0.4, -0.2) is 16.3 Å². The molecule has 1 aliphatic carbocycles. The van der Waals surface area contributed by atoms with Crippen molar-refractivity contribution in [1.29, 1.82) is 0 Å². The molecular formula is C19H16O2. The Bertz CT molecular complexity index is 893. The molecule has 2 atom stereocenters. The van der Waals surface area contributed by atoms with E-state index in [1.165, 1.54) is 16.2 Å². The standard InChI is InChI=1S/C19H16O2/c1-11-8-18(20)19(21)17-9-13-7-6-12-4-2-3-5-14(12)16(13)10-15(11)17/h2-10,18-21H,1H3/t18-,19-/m1/s1. The van der Waals surface area contributed by atoms with Gasteiger partial charge in [-0.1, -0.05) is 36.4 Å². The van der Waals surface area contributed by atoms with E-state index >= 15 is 0 Å². The molecule has 0 aromatic heterocycles. The molecule has 2 N–H and O–H groups in total. The number of allylic oxidation sites excluding steroid dienone is 1. The highest BCUT2D eigenvalue weighted by Crippen LogP contribution is 2.37. The molecule has 3 aromatic carbocycles. The zero-order valence-corrected chi connectivity index (χ0v) is 11.7. The van der Waals surface area contributed by atoms with Crippen molar-refractivity contribution >= 4 is 27.1 Å². The van der Waals surface area contributed by atoms with Gasteiger partial charge in [-0.3, -0.25) is 0 Å². The third kappa shape index (κ3) is 1.80. The van der Waals surface area contributed by atoms with E-state index in [9.17, 15) is 10.2 Å². The van der Waals surface area contributed by atoms with Gasteiger partial charge in [0.25, 0.3) is 0 Å². The average Bonchev–Trinajstić information content (AvgIpc) is 2.51. The molecule has 2 heteroatoms. The fourth-order valence-corrected chi connectivity index (χ4v) is 3.28. The van der Waals surface area contributed by atoms with Crippen LogP contribution in [0.2, 0.25) is 0 Å². The van der Waals surface area contributed by atoms with Gasteiger partial charge in [-0.05, 0) is 63.4 Å². The second-order valence-electron chi connectivity index (χ2n) is 5.73. The lowest BCUT2D eigenvalue weighted by molar-refractivity contribution is 0.0466. The summed E-state index contributed by atoms with van der Waals surface area (Å²) in [5.41, 5.74) is 2.85. The summed E-state index contributed by atoms with van der Waals surface area (Å²) < 4.78 is 0. The van der Waals surface area contributed by atoms with Crippen molar-refractivity contribution in [3.8, 4) is 0 Å². The Labute approximate surface area is 123 Å². The van der Waals surface area contributed by atoms with E-state index in [-0.39, 0.29) is 0 Å². The summed E-state index contributed by atoms with van der Waals surface area (Å²) >= 11 is 0. The molecule has 0 aliphatic heterocycles. The Kier molecular flexibility index (Phi) is 2.64. The minimum absolute atomic E-state index is 0.810. The van der Waals surface area contributed by atoms with Crippen LogP contribution in [0.25, 0.3) is 27.1 Å². The predicted molar refractivity (Wildman–Crippen MR) is 86.1 cm³/mol. The minimum atomic E-state index is -0.848. The summed E-state index contributed by atoms with van der Waals surface area (Å²) in [6, 6.07) is 16.6. The summed E-state index contributed by atoms with van der Waals surface area (Å²) in [5, 5.41) is 24.8. The number of aliphatic hydroxyl groups excluding tert-OH is 2. The van der Waals surface area contributed by atoms with Gasteiger partial charge >= 0.3 is 0 Å². The Morgan fingerprint density at radius 2 is 1.62 bits per heavy atom. The second-order valence-corrected chi connectivity index (χ2v) is 5.73. The third-order valence-corrected chi connectivity index (χ3v) is 4.40. The summed E-state index contributed by atoms with van der Waals surface area (Å²) in [5.74, 6) is 0. The SMILES string of the molecule is CC1=C[C@@H](O)[C@H](O)c2cc3ccc4ccccc4c3cc21. The number of benzene rings is 3. The zero-order valence-electron chi connectivity index (χ0n) is 11.7. The van der Waals surface area contributed by atoms with Crippen molar-refractivity contribution < 1.29 is 10.2 Å². The molecule has 104 valence electrons. The highest BCUT2D eigenvalue weighted by atomic mass is 16.3. The lowest BCUT2D eigenvalue weighted by Gasteiger charge is -2.25. The van der Waals surface area contributed by atoms with E-state index in [4.69, 9.17) is 0 Å². The Hall–Kier alpha value is -2.16. The second kappa shape index (κ2) is 4.42. The smallest absolute Gasteiger partial charge is 0.109 e. The summed E-state index contributed by atoms with van der Waals surface area (Å²) in [7, 11) is 0. The summed E-state index contributed by atoms with van der Waals surface area (Å²) in [6.07, 6.45) is 0.0548. The van der Waals surface area contributed by atoms with Crippen molar-refractivity contribution in [2.75, 3.05) is 0 Å². The first-order chi connectivity index (χ1) is 10.1. The van der Waals surface area contributed by atoms with Crippen LogP contribution in [0.15, 0.2) is 54.6 Å². The van der Waals surface area contributed by atoms with Gasteiger partial charge in [-0.25, -0.2) is 0 Å². The van der Waals surface area contributed by atoms with Crippen LogP contribution in [0.1, 0.15) is 24.2 Å². The first-order valence-corrected chi connectivity index (χ1v) is 7.15. The van der Waals surface area contributed by atoms with Gasteiger partial charge in [0, 0.05) is 0 Å². The van der Waals surface area contributed by atoms with Gasteiger partial charge in [-0.15, -0.1) is 0 Å². The topological polar surface area (TPSA) is 40.5 Å². The molecule has 0 amide bonds. The van der Waals surface area contributed by atoms with Crippen molar-refractivity contribution in [1.82, 2.24) is 0 Å². The van der Waals surface area contributed by atoms with Gasteiger partial charge < -0.3 is 10.2 Å². The molecule has 0 fully saturated rings. The van der Waals surface area contributed by atoms with Crippen LogP contribution in [-0.2, 0) is 0 Å². The molecular weight excluding hydrogens is 260 g/mol. The van der Waals surface area contributed by atoms with Crippen LogP contribution in [0.4, 0.5) is 0 Å². The molecule has 0 bridgehead atoms. The van der Waals surface area contributed by atoms with E-state index in [0.717, 1.165) is 22.1 Å². The summed E-state index contributed by atoms with van der Waals surface area (Å²) in [4.78, 5) is 0. The maximum absolute atomic E-state index is 10.2. The van der Waals surface area contributed by atoms with Crippen LogP contribution in [0.5, 0.6) is 0 Å². The van der Waals surface area contributed by atoms with Gasteiger partial charge in [0.2, 0.25) is 0 Å². The van der Waals surface area contributed by atoms with Gasteiger partial charge in [0.15, 0.2) is 0 Å². The predicted octanol–water partition coefficient (Wildman–Crippen LogP) is 3.80. The molecule has 0 saturated heterocycles. The summed E-state index contributed by atoms with van der Waals surface area (Å²) in [6.45, 7) is 1.98. The Morgan fingerprint density at radius 1 is 0.857 bits per heavy atom. The minimum Gasteiger partial charge on any atom is -0.386 e. The van der Waals surface area contributed by atoms with Crippen LogP contribution < -0.4 is 0 Å². The zero-order chi connectivity index (χ0) is 14.6. The molecule has 0 saturated carbocycles. The highest BCUT2D eigenvalue weighted by molar-refractivity contribution is 6.08. The highest BCUT2D eigenvalue weighted by Gasteiger charge is 2.25. The lowest BCUT2D eigenvalue weighted by Crippen LogP contribution is -2.20. The molecule has 1 aliphatic rings. The number of rotatable bonds is 0. The number of hydrogen-bond donors (Lipinski definition) is 2. The number of hydrogen-bond acceptors (Lipinski definition) is 2. The lowest BCUT2D eigenvalue weighted by atomic mass is 9.85. The number of fused-ring (bicyclic) bond motifs is 4. The molecule has 3 aromatic rings. The maximum Gasteiger partial charge on any atom is 0.109 e. The van der Waals surface area contributed by atoms with Crippen LogP contribution in [0.3, 0.4) is 0 Å². The van der Waals surface area contributed by atoms with Crippen LogP contribution >= 0.6 is 0 Å². The fraction of sp³-hybridized carbons (Fsp3) is 0.158. The Morgan fingerprint density at radius 3 is 2.48 bits per heavy atom. The van der Waals surface area contributed by atoms with E-state index in [2.05, 4.69) is 30.3 Å². The quantitative estimate of drug-likeness (QED) is 0.613. The van der Waals surface area contributed by atoms with Gasteiger partial charge in [-0.2, -0.15) is 0 Å². The number of aliphatic hydroxyl groups is 2. The van der Waals surface area contributed by atoms with E-state index in [1.54, 1.807) is 6.08 Å². The monoisotopic (exact) mass is 276 g/mol. The van der Waals surface area contributed by atoms with Crippen LogP contribution in [0, 0.1) is 0 Å². The van der Waals surface area contributed by atoms with Crippen molar-refractivity contribution in [3.63, 3.8) is 0 Å². The van der Waals surface area contributed by atoms with Gasteiger partial charge in [0.05, 0.1) is 0 Å². The van der Waals surface area contributed by atoms with Crippen molar-refractivity contribution in [2.24, 2.45) is 0 Å². The maximum atomic E-state index is 10.2. The molecule has 0 heterocycles. The first kappa shape index (κ1) is 12.6. The van der Waals surface area contributed by atoms with Gasteiger partial charge in [0.1, 0.15) is 12.2 Å². The molecule has 0 unspecified atom stereocenters. The largest absolute Gasteiger partial charge is 0.386 e. The molecule has 0 radical (unpaired) electrons. The molecule has 4 rings (SSSR count).